The molecule has 0 radical (unpaired) electrons. The maximum absolute atomic E-state index is 12.1. The molecule has 2 heterocycles. The number of carbonyl (C=O) groups excluding carboxylic acids is 2. The van der Waals surface area contributed by atoms with Crippen molar-refractivity contribution in [3.05, 3.63) is 11.5 Å². The van der Waals surface area contributed by atoms with Gasteiger partial charge < -0.3 is 19.1 Å². The number of carbonyl (C=O) groups is 3. The molecule has 0 spiro atoms. The van der Waals surface area contributed by atoms with E-state index in [0.717, 1.165) is 0 Å². The van der Waals surface area contributed by atoms with E-state index in [9.17, 15) is 19.5 Å². The van der Waals surface area contributed by atoms with E-state index < -0.39 is 29.6 Å². The molecule has 0 saturated heterocycles. The Morgan fingerprint density at radius 3 is 2.54 bits per heavy atom. The Kier molecular flexibility index (Phi) is 4.81. The number of carboxylic acid groups (broad SMARTS) is 1. The van der Waals surface area contributed by atoms with Crippen molar-refractivity contribution in [3.8, 4) is 0 Å². The van der Waals surface area contributed by atoms with Crippen LogP contribution in [0.15, 0.2) is 0 Å². The number of fused-ring (bicyclic) bond motifs is 1. The van der Waals surface area contributed by atoms with Gasteiger partial charge in [0.25, 0.3) is 0 Å². The van der Waals surface area contributed by atoms with Gasteiger partial charge in [-0.2, -0.15) is 0 Å². The smallest absolute Gasteiger partial charge is 0.413 e. The highest BCUT2D eigenvalue weighted by Crippen LogP contribution is 2.27. The molecule has 132 valence electrons. The van der Waals surface area contributed by atoms with Crippen LogP contribution in [0.4, 0.5) is 10.6 Å². The molecule has 1 aliphatic heterocycles. The van der Waals surface area contributed by atoms with Gasteiger partial charge in [0.1, 0.15) is 11.4 Å². The van der Waals surface area contributed by atoms with E-state index in [1.54, 1.807) is 20.8 Å². The lowest BCUT2D eigenvalue weighted by Gasteiger charge is -2.21. The van der Waals surface area contributed by atoms with Crippen LogP contribution in [-0.4, -0.2) is 45.4 Å². The fourth-order valence-electron chi connectivity index (χ4n) is 2.49. The molecule has 1 aliphatic rings. The molecule has 1 atom stereocenters. The molecule has 2 rings (SSSR count). The summed E-state index contributed by atoms with van der Waals surface area (Å²) in [6.45, 7) is 5.23. The van der Waals surface area contributed by atoms with E-state index in [0.29, 0.717) is 18.7 Å². The lowest BCUT2D eigenvalue weighted by molar-refractivity contribution is -0.142. The predicted octanol–water partition coefficient (Wildman–Crippen LogP) is 1.66. The number of ether oxygens (including phenoxy) is 2. The second kappa shape index (κ2) is 6.50. The van der Waals surface area contributed by atoms with E-state index in [1.807, 2.05) is 0 Å². The second-order valence-electron chi connectivity index (χ2n) is 6.53. The van der Waals surface area contributed by atoms with Crippen LogP contribution in [0, 0.1) is 5.92 Å². The van der Waals surface area contributed by atoms with Crippen LogP contribution < -0.4 is 5.32 Å². The van der Waals surface area contributed by atoms with Crippen LogP contribution >= 0.6 is 0 Å². The molecule has 24 heavy (non-hydrogen) atoms. The molecule has 0 aromatic carbocycles. The first-order valence-corrected chi connectivity index (χ1v) is 7.53. The second-order valence-corrected chi connectivity index (χ2v) is 6.53. The van der Waals surface area contributed by atoms with Gasteiger partial charge in [0, 0.05) is 13.0 Å². The summed E-state index contributed by atoms with van der Waals surface area (Å²) in [4.78, 5) is 39.5. The minimum atomic E-state index is -0.938. The monoisotopic (exact) mass is 339 g/mol. The lowest BCUT2D eigenvalue weighted by atomic mass is 9.99. The normalized spacial score (nSPS) is 16.9. The molecule has 1 amide bonds. The fraction of sp³-hybridized carbons (Fsp3) is 0.600. The third-order valence-corrected chi connectivity index (χ3v) is 3.51. The number of anilines is 1. The van der Waals surface area contributed by atoms with Crippen molar-refractivity contribution in [2.45, 2.75) is 45.8 Å². The number of nitrogens with one attached hydrogen (secondary N) is 1. The molecule has 0 saturated carbocycles. The zero-order valence-electron chi connectivity index (χ0n) is 14.1. The summed E-state index contributed by atoms with van der Waals surface area (Å²) in [7, 11) is 1.21. The van der Waals surface area contributed by atoms with Gasteiger partial charge in [0.2, 0.25) is 0 Å². The van der Waals surface area contributed by atoms with Crippen molar-refractivity contribution in [2.24, 2.45) is 5.92 Å². The highest BCUT2D eigenvalue weighted by Gasteiger charge is 2.32. The van der Waals surface area contributed by atoms with Crippen LogP contribution in [0.1, 0.15) is 43.5 Å². The number of hydrogen-bond donors (Lipinski definition) is 2. The fourth-order valence-corrected chi connectivity index (χ4v) is 2.49. The van der Waals surface area contributed by atoms with Gasteiger partial charge in [-0.15, -0.1) is 0 Å². The molecule has 0 aliphatic carbocycles. The lowest BCUT2D eigenvalue weighted by Crippen LogP contribution is -2.29. The first-order chi connectivity index (χ1) is 11.1. The van der Waals surface area contributed by atoms with Crippen molar-refractivity contribution in [1.29, 1.82) is 0 Å². The van der Waals surface area contributed by atoms with Crippen molar-refractivity contribution < 1.29 is 29.0 Å². The van der Waals surface area contributed by atoms with Crippen LogP contribution in [-0.2, 0) is 27.2 Å². The average Bonchev–Trinajstić information content (AvgIpc) is 2.80. The van der Waals surface area contributed by atoms with E-state index in [-0.39, 0.29) is 18.1 Å². The largest absolute Gasteiger partial charge is 0.481 e. The van der Waals surface area contributed by atoms with Gasteiger partial charge in [-0.05, 0) is 27.2 Å². The Morgan fingerprint density at radius 1 is 1.33 bits per heavy atom. The van der Waals surface area contributed by atoms with Gasteiger partial charge in [-0.3, -0.25) is 10.1 Å². The molecule has 9 nitrogen and oxygen atoms in total. The number of nitrogens with zero attached hydrogens (tertiary/aromatic N) is 2. The standard InChI is InChI=1S/C15H21N3O6/c1-15(2,3)24-14(22)17-11-10(13(21)23-4)18-7-8(12(19)20)5-6-9(18)16-11/h8H,5-7H2,1-4H3,(H,17,22)(H,19,20). The summed E-state index contributed by atoms with van der Waals surface area (Å²) < 4.78 is 11.4. The van der Waals surface area contributed by atoms with Crippen molar-refractivity contribution in [3.63, 3.8) is 0 Å². The summed E-state index contributed by atoms with van der Waals surface area (Å²) in [6, 6.07) is 0. The van der Waals surface area contributed by atoms with Gasteiger partial charge >= 0.3 is 18.0 Å². The third-order valence-electron chi connectivity index (χ3n) is 3.51. The van der Waals surface area contributed by atoms with Crippen molar-refractivity contribution >= 4 is 23.8 Å². The summed E-state index contributed by atoms with van der Waals surface area (Å²) in [6.07, 6.45) is 0.0494. The minimum Gasteiger partial charge on any atom is -0.481 e. The van der Waals surface area contributed by atoms with Gasteiger partial charge in [-0.1, -0.05) is 0 Å². The average molecular weight is 339 g/mol. The number of imidazole rings is 1. The summed E-state index contributed by atoms with van der Waals surface area (Å²) >= 11 is 0. The Morgan fingerprint density at radius 2 is 2.00 bits per heavy atom. The molecule has 2 N–H and O–H groups in total. The number of methoxy groups -OCH3 is 1. The number of aromatic nitrogens is 2. The maximum atomic E-state index is 12.1. The molecule has 1 unspecified atom stereocenters. The van der Waals surface area contributed by atoms with Crippen LogP contribution in [0.25, 0.3) is 0 Å². The molecule has 9 heteroatoms. The van der Waals surface area contributed by atoms with E-state index in [4.69, 9.17) is 9.47 Å². The number of esters is 1. The van der Waals surface area contributed by atoms with Crippen molar-refractivity contribution in [2.75, 3.05) is 12.4 Å². The quantitative estimate of drug-likeness (QED) is 0.804. The number of hydrogen-bond acceptors (Lipinski definition) is 6. The number of rotatable bonds is 3. The molecule has 1 aromatic heterocycles. The van der Waals surface area contributed by atoms with Crippen LogP contribution in [0.2, 0.25) is 0 Å². The number of aryl methyl sites for hydroxylation is 1. The highest BCUT2D eigenvalue weighted by molar-refractivity contribution is 5.97. The molecular formula is C15H21N3O6. The van der Waals surface area contributed by atoms with E-state index >= 15 is 0 Å². The first-order valence-electron chi connectivity index (χ1n) is 7.53. The summed E-state index contributed by atoms with van der Waals surface area (Å²) in [5.41, 5.74) is -0.687. The predicted molar refractivity (Wildman–Crippen MR) is 82.9 cm³/mol. The topological polar surface area (TPSA) is 120 Å². The third kappa shape index (κ3) is 3.84. The summed E-state index contributed by atoms with van der Waals surface area (Å²) in [5.74, 6) is -1.72. The Balaban J connectivity index is 2.34. The van der Waals surface area contributed by atoms with E-state index in [1.165, 1.54) is 11.7 Å². The minimum absolute atomic E-state index is 0.0112. The van der Waals surface area contributed by atoms with Gasteiger partial charge in [-0.25, -0.2) is 14.6 Å². The molecular weight excluding hydrogens is 318 g/mol. The molecule has 1 aromatic rings. The highest BCUT2D eigenvalue weighted by atomic mass is 16.6. The SMILES string of the molecule is COC(=O)c1c(NC(=O)OC(C)(C)C)nc2n1CC(C(=O)O)CC2. The van der Waals surface area contributed by atoms with Crippen molar-refractivity contribution in [1.82, 2.24) is 9.55 Å². The maximum Gasteiger partial charge on any atom is 0.413 e. The molecule has 0 fully saturated rings. The Labute approximate surface area is 138 Å². The van der Waals surface area contributed by atoms with Gasteiger partial charge in [0.05, 0.1) is 13.0 Å². The summed E-state index contributed by atoms with van der Waals surface area (Å²) in [5, 5.41) is 11.6. The number of carboxylic acids is 1. The number of aliphatic carboxylic acids is 1. The molecule has 0 bridgehead atoms. The van der Waals surface area contributed by atoms with Crippen LogP contribution in [0.5, 0.6) is 0 Å². The number of amides is 1. The Bertz CT molecular complexity index is 673. The Hall–Kier alpha value is -2.58. The zero-order chi connectivity index (χ0) is 18.1. The van der Waals surface area contributed by atoms with Crippen LogP contribution in [0.3, 0.4) is 0 Å². The first kappa shape index (κ1) is 17.8. The van der Waals surface area contributed by atoms with Gasteiger partial charge in [0.15, 0.2) is 11.5 Å². The van der Waals surface area contributed by atoms with E-state index in [2.05, 4.69) is 10.3 Å². The zero-order valence-corrected chi connectivity index (χ0v) is 14.1.